The highest BCUT2D eigenvalue weighted by molar-refractivity contribution is 7.80. The zero-order valence-corrected chi connectivity index (χ0v) is 16.3. The molecule has 1 aliphatic heterocycles. The molecule has 25 heavy (non-hydrogen) atoms. The van der Waals surface area contributed by atoms with Crippen molar-refractivity contribution in [2.45, 2.75) is 13.0 Å². The molecule has 6 nitrogen and oxygen atoms in total. The van der Waals surface area contributed by atoms with E-state index in [2.05, 4.69) is 10.2 Å². The van der Waals surface area contributed by atoms with Gasteiger partial charge in [-0.2, -0.15) is 0 Å². The molecule has 2 aromatic rings. The fraction of sp³-hybridized carbons (Fsp3) is 0.412. The van der Waals surface area contributed by atoms with E-state index in [1.165, 1.54) is 4.88 Å². The largest absolute Gasteiger partial charge is 0.493 e. The number of nitrogens with zero attached hydrogens (tertiary/aromatic N) is 2. The maximum absolute atomic E-state index is 5.44. The van der Waals surface area contributed by atoms with Crippen molar-refractivity contribution in [2.24, 2.45) is 0 Å². The van der Waals surface area contributed by atoms with E-state index in [1.54, 1.807) is 32.7 Å². The third-order valence-electron chi connectivity index (χ3n) is 4.14. The average molecular weight is 380 g/mol. The van der Waals surface area contributed by atoms with Gasteiger partial charge in [0.15, 0.2) is 16.6 Å². The van der Waals surface area contributed by atoms with Crippen LogP contribution in [0.1, 0.15) is 10.6 Å². The Morgan fingerprint density at radius 3 is 2.44 bits per heavy atom. The topological polar surface area (TPSA) is 55.9 Å². The third kappa shape index (κ3) is 3.36. The number of aromatic nitrogens is 1. The van der Waals surface area contributed by atoms with Gasteiger partial charge in [-0.3, -0.25) is 0 Å². The van der Waals surface area contributed by atoms with Crippen LogP contribution in [-0.4, -0.2) is 49.9 Å². The second-order valence-corrected chi connectivity index (χ2v) is 7.00. The van der Waals surface area contributed by atoms with Crippen LogP contribution in [-0.2, 0) is 13.0 Å². The Morgan fingerprint density at radius 2 is 1.88 bits per heavy atom. The molecule has 1 aliphatic rings. The minimum atomic E-state index is 0.584. The van der Waals surface area contributed by atoms with Crippen molar-refractivity contribution < 1.29 is 14.2 Å². The molecule has 0 saturated carbocycles. The summed E-state index contributed by atoms with van der Waals surface area (Å²) in [5.41, 5.74) is 2.10. The van der Waals surface area contributed by atoms with Gasteiger partial charge >= 0.3 is 0 Å². The van der Waals surface area contributed by atoms with Crippen LogP contribution in [0, 0.1) is 0 Å². The highest BCUT2D eigenvalue weighted by Crippen LogP contribution is 2.42. The first kappa shape index (κ1) is 17.8. The molecule has 8 heteroatoms. The maximum Gasteiger partial charge on any atom is 0.203 e. The number of ether oxygens (including phenoxy) is 3. The van der Waals surface area contributed by atoms with Crippen molar-refractivity contribution in [3.63, 3.8) is 0 Å². The molecule has 0 unspecified atom stereocenters. The van der Waals surface area contributed by atoms with Crippen LogP contribution < -0.4 is 19.5 Å². The van der Waals surface area contributed by atoms with Gasteiger partial charge in [0.2, 0.25) is 5.75 Å². The minimum Gasteiger partial charge on any atom is -0.493 e. The summed E-state index contributed by atoms with van der Waals surface area (Å²) in [5.74, 6) is 1.84. The Bertz CT molecular complexity index is 766. The fourth-order valence-corrected chi connectivity index (χ4v) is 4.12. The van der Waals surface area contributed by atoms with Crippen LogP contribution in [0.15, 0.2) is 12.1 Å². The Morgan fingerprint density at radius 1 is 1.20 bits per heavy atom. The van der Waals surface area contributed by atoms with Crippen molar-refractivity contribution >= 4 is 28.7 Å². The number of methoxy groups -OCH3 is 3. The van der Waals surface area contributed by atoms with Crippen LogP contribution in [0.5, 0.6) is 17.2 Å². The van der Waals surface area contributed by atoms with Crippen molar-refractivity contribution in [1.82, 2.24) is 15.2 Å². The number of hydrogen-bond donors (Lipinski definition) is 1. The number of thiazole rings is 1. The van der Waals surface area contributed by atoms with Crippen molar-refractivity contribution in [3.8, 4) is 27.8 Å². The summed E-state index contributed by atoms with van der Waals surface area (Å²) in [6, 6.07) is 3.86. The Kier molecular flexibility index (Phi) is 5.29. The van der Waals surface area contributed by atoms with Crippen LogP contribution in [0.3, 0.4) is 0 Å². The Hall–Kier alpha value is -2.06. The lowest BCUT2D eigenvalue weighted by Gasteiger charge is -2.27. The zero-order chi connectivity index (χ0) is 18.0. The van der Waals surface area contributed by atoms with E-state index < -0.39 is 0 Å². The standard InChI is InChI=1S/C17H21N3O3S2/c1-18-17(24)20-6-5-11-14(9-20)25-16(19-11)10-7-12(21-2)15(23-4)13(8-10)22-3/h7-8H,5-6,9H2,1-4H3,(H,18,24). The molecule has 0 fully saturated rings. The van der Waals surface area contributed by atoms with Gasteiger partial charge in [0.1, 0.15) is 5.01 Å². The predicted octanol–water partition coefficient (Wildman–Crippen LogP) is 2.70. The van der Waals surface area contributed by atoms with E-state index >= 15 is 0 Å². The van der Waals surface area contributed by atoms with E-state index in [1.807, 2.05) is 19.2 Å². The Balaban J connectivity index is 1.96. The summed E-state index contributed by atoms with van der Waals surface area (Å²) in [5, 5.41) is 4.76. The summed E-state index contributed by atoms with van der Waals surface area (Å²) < 4.78 is 16.3. The number of thiocarbonyl (C=S) groups is 1. The first-order chi connectivity index (χ1) is 12.1. The van der Waals surface area contributed by atoms with Crippen LogP contribution >= 0.6 is 23.6 Å². The molecule has 0 bridgehead atoms. The smallest absolute Gasteiger partial charge is 0.203 e. The number of hydrogen-bond acceptors (Lipinski definition) is 6. The summed E-state index contributed by atoms with van der Waals surface area (Å²) in [7, 11) is 6.68. The first-order valence-corrected chi connectivity index (χ1v) is 9.09. The molecule has 1 aromatic heterocycles. The highest BCUT2D eigenvalue weighted by Gasteiger charge is 2.23. The molecule has 0 spiro atoms. The number of rotatable bonds is 4. The molecule has 3 rings (SSSR count). The predicted molar refractivity (Wildman–Crippen MR) is 103 cm³/mol. The molecular formula is C17H21N3O3S2. The van der Waals surface area contributed by atoms with Gasteiger partial charge in [0.25, 0.3) is 0 Å². The summed E-state index contributed by atoms with van der Waals surface area (Å²) in [4.78, 5) is 8.23. The maximum atomic E-state index is 5.44. The summed E-state index contributed by atoms with van der Waals surface area (Å²) >= 11 is 7.03. The minimum absolute atomic E-state index is 0.584. The molecule has 0 atom stereocenters. The fourth-order valence-electron chi connectivity index (χ4n) is 2.85. The van der Waals surface area contributed by atoms with Gasteiger partial charge < -0.3 is 24.4 Å². The van der Waals surface area contributed by atoms with E-state index in [0.717, 1.165) is 40.9 Å². The van der Waals surface area contributed by atoms with Crippen molar-refractivity contribution in [2.75, 3.05) is 34.9 Å². The molecule has 1 N–H and O–H groups in total. The molecule has 134 valence electrons. The first-order valence-electron chi connectivity index (χ1n) is 7.86. The van der Waals surface area contributed by atoms with E-state index in [4.69, 9.17) is 31.4 Å². The van der Waals surface area contributed by atoms with E-state index in [0.29, 0.717) is 17.2 Å². The van der Waals surface area contributed by atoms with E-state index in [-0.39, 0.29) is 0 Å². The molecule has 0 aliphatic carbocycles. The monoisotopic (exact) mass is 379 g/mol. The lowest BCUT2D eigenvalue weighted by atomic mass is 10.1. The molecule has 1 aromatic carbocycles. The average Bonchev–Trinajstić information content (AvgIpc) is 3.09. The molecule has 0 saturated heterocycles. The van der Waals surface area contributed by atoms with Gasteiger partial charge in [0, 0.05) is 30.5 Å². The lowest BCUT2D eigenvalue weighted by Crippen LogP contribution is -2.40. The van der Waals surface area contributed by atoms with Gasteiger partial charge in [-0.25, -0.2) is 4.98 Å². The quantitative estimate of drug-likeness (QED) is 0.820. The summed E-state index contributed by atoms with van der Waals surface area (Å²) in [6.45, 7) is 1.67. The second kappa shape index (κ2) is 7.45. The molecule has 0 amide bonds. The third-order valence-corrected chi connectivity index (χ3v) is 5.74. The molecule has 0 radical (unpaired) electrons. The lowest BCUT2D eigenvalue weighted by molar-refractivity contribution is 0.324. The zero-order valence-electron chi connectivity index (χ0n) is 14.7. The van der Waals surface area contributed by atoms with Crippen LogP contribution in [0.4, 0.5) is 0 Å². The summed E-state index contributed by atoms with van der Waals surface area (Å²) in [6.07, 6.45) is 0.887. The van der Waals surface area contributed by atoms with Crippen molar-refractivity contribution in [3.05, 3.63) is 22.7 Å². The number of fused-ring (bicyclic) bond motifs is 1. The van der Waals surface area contributed by atoms with Crippen molar-refractivity contribution in [1.29, 1.82) is 0 Å². The number of benzene rings is 1. The van der Waals surface area contributed by atoms with Gasteiger partial charge in [-0.15, -0.1) is 11.3 Å². The Labute approximate surface area is 156 Å². The second-order valence-electron chi connectivity index (χ2n) is 5.53. The highest BCUT2D eigenvalue weighted by atomic mass is 32.1. The number of nitrogens with one attached hydrogen (secondary N) is 1. The van der Waals surface area contributed by atoms with E-state index in [9.17, 15) is 0 Å². The molecular weight excluding hydrogens is 358 g/mol. The molecule has 2 heterocycles. The normalized spacial score (nSPS) is 13.2. The van der Waals surface area contributed by atoms with Gasteiger partial charge in [0.05, 0.1) is 33.6 Å². The van der Waals surface area contributed by atoms with Crippen LogP contribution in [0.25, 0.3) is 10.6 Å². The van der Waals surface area contributed by atoms with Gasteiger partial charge in [-0.1, -0.05) is 0 Å². The van der Waals surface area contributed by atoms with Gasteiger partial charge in [-0.05, 0) is 24.4 Å². The van der Waals surface area contributed by atoms with Crippen LogP contribution in [0.2, 0.25) is 0 Å². The SMILES string of the molecule is CNC(=S)N1CCc2nc(-c3cc(OC)c(OC)c(OC)c3)sc2C1.